The molecule has 0 aliphatic heterocycles. The van der Waals surface area contributed by atoms with Crippen LogP contribution in [-0.2, 0) is 16.1 Å². The number of aromatic hydroxyl groups is 1. The Hall–Kier alpha value is -1.55. The van der Waals surface area contributed by atoms with Crippen molar-refractivity contribution < 1.29 is 14.7 Å². The molecule has 0 aliphatic rings. The van der Waals surface area contributed by atoms with Crippen LogP contribution in [0.3, 0.4) is 0 Å². The lowest BCUT2D eigenvalue weighted by atomic mass is 10.1. The normalized spacial score (nSPS) is 9.62. The van der Waals surface area contributed by atoms with Gasteiger partial charge in [-0.15, -0.1) is 0 Å². The molecule has 0 heterocycles. The van der Waals surface area contributed by atoms with Crippen LogP contribution in [0.25, 0.3) is 0 Å². The van der Waals surface area contributed by atoms with E-state index in [1.807, 2.05) is 0 Å². The molecular formula is C9H11NO3. The average Bonchev–Trinajstić information content (AvgIpc) is 2.09. The second-order valence-corrected chi connectivity index (χ2v) is 2.57. The Morgan fingerprint density at radius 2 is 2.08 bits per heavy atom. The van der Waals surface area contributed by atoms with Crippen molar-refractivity contribution in [3.63, 3.8) is 0 Å². The summed E-state index contributed by atoms with van der Waals surface area (Å²) < 4.78 is 0. The molecule has 0 fully saturated rings. The monoisotopic (exact) mass is 181 g/mol. The van der Waals surface area contributed by atoms with Gasteiger partial charge < -0.3 is 5.11 Å². The van der Waals surface area contributed by atoms with Crippen LogP contribution in [0.15, 0.2) is 24.3 Å². The van der Waals surface area contributed by atoms with Gasteiger partial charge in [0.2, 0.25) is 5.91 Å². The first-order valence-electron chi connectivity index (χ1n) is 3.82. The molecule has 0 atom stereocenters. The number of phenols is 1. The second kappa shape index (κ2) is 4.47. The fraction of sp³-hybridized carbons (Fsp3) is 0.222. The summed E-state index contributed by atoms with van der Waals surface area (Å²) in [6.45, 7) is 0. The molecule has 0 aromatic heterocycles. The van der Waals surface area contributed by atoms with Crippen LogP contribution in [0.5, 0.6) is 5.75 Å². The summed E-state index contributed by atoms with van der Waals surface area (Å²) in [6.07, 6.45) is 0.244. The van der Waals surface area contributed by atoms with Crippen LogP contribution in [0.1, 0.15) is 5.56 Å². The number of rotatable bonds is 3. The van der Waals surface area contributed by atoms with Crippen LogP contribution in [0.2, 0.25) is 0 Å². The van der Waals surface area contributed by atoms with E-state index in [-0.39, 0.29) is 18.1 Å². The van der Waals surface area contributed by atoms with E-state index in [1.165, 1.54) is 19.2 Å². The summed E-state index contributed by atoms with van der Waals surface area (Å²) >= 11 is 0. The number of hydroxylamine groups is 1. The molecule has 4 heteroatoms. The molecule has 70 valence electrons. The van der Waals surface area contributed by atoms with E-state index in [0.29, 0.717) is 0 Å². The van der Waals surface area contributed by atoms with Gasteiger partial charge in [-0.25, -0.2) is 5.48 Å². The SMILES string of the molecule is CONC(=O)Cc1ccc(O)cc1. The molecule has 4 nitrogen and oxygen atoms in total. The third kappa shape index (κ3) is 3.13. The molecule has 1 amide bonds. The van der Waals surface area contributed by atoms with E-state index >= 15 is 0 Å². The van der Waals surface area contributed by atoms with Crippen molar-refractivity contribution in [2.24, 2.45) is 0 Å². The Balaban J connectivity index is 2.54. The maximum absolute atomic E-state index is 11.0. The first-order valence-corrected chi connectivity index (χ1v) is 3.82. The standard InChI is InChI=1S/C9H11NO3/c1-13-10-9(12)6-7-2-4-8(11)5-3-7/h2-5,11H,6H2,1H3,(H,10,12). The molecular weight excluding hydrogens is 170 g/mol. The van der Waals surface area contributed by atoms with Crippen LogP contribution in [0.4, 0.5) is 0 Å². The minimum absolute atomic E-state index is 0.191. The third-order valence-electron chi connectivity index (χ3n) is 1.52. The maximum atomic E-state index is 11.0. The second-order valence-electron chi connectivity index (χ2n) is 2.57. The lowest BCUT2D eigenvalue weighted by molar-refractivity contribution is -0.130. The van der Waals surface area contributed by atoms with Crippen molar-refractivity contribution in [3.05, 3.63) is 29.8 Å². The molecule has 0 bridgehead atoms. The van der Waals surface area contributed by atoms with E-state index in [4.69, 9.17) is 5.11 Å². The van der Waals surface area contributed by atoms with Crippen LogP contribution in [-0.4, -0.2) is 18.1 Å². The highest BCUT2D eigenvalue weighted by atomic mass is 16.6. The minimum atomic E-state index is -0.215. The zero-order chi connectivity index (χ0) is 9.68. The lowest BCUT2D eigenvalue weighted by Crippen LogP contribution is -2.23. The van der Waals surface area contributed by atoms with Gasteiger partial charge in [0, 0.05) is 0 Å². The molecule has 0 saturated carbocycles. The summed E-state index contributed by atoms with van der Waals surface area (Å²) in [5, 5.41) is 8.97. The van der Waals surface area contributed by atoms with E-state index < -0.39 is 0 Å². The number of phenolic OH excluding ortho intramolecular Hbond substituents is 1. The number of nitrogens with one attached hydrogen (secondary N) is 1. The van der Waals surface area contributed by atoms with Gasteiger partial charge >= 0.3 is 0 Å². The van der Waals surface area contributed by atoms with E-state index in [9.17, 15) is 4.79 Å². The smallest absolute Gasteiger partial charge is 0.247 e. The van der Waals surface area contributed by atoms with Crippen molar-refractivity contribution in [3.8, 4) is 5.75 Å². The zero-order valence-corrected chi connectivity index (χ0v) is 7.28. The van der Waals surface area contributed by atoms with Crippen LogP contribution in [0, 0.1) is 0 Å². The van der Waals surface area contributed by atoms with Crippen molar-refractivity contribution in [2.75, 3.05) is 7.11 Å². The highest BCUT2D eigenvalue weighted by molar-refractivity contribution is 5.77. The van der Waals surface area contributed by atoms with Gasteiger partial charge in [-0.05, 0) is 17.7 Å². The fourth-order valence-electron chi connectivity index (χ4n) is 0.949. The Labute approximate surface area is 76.1 Å². The first-order chi connectivity index (χ1) is 6.22. The number of hydrogen-bond acceptors (Lipinski definition) is 3. The summed E-state index contributed by atoms with van der Waals surface area (Å²) in [5.74, 6) is -0.0240. The van der Waals surface area contributed by atoms with E-state index in [0.717, 1.165) is 5.56 Å². The molecule has 0 radical (unpaired) electrons. The summed E-state index contributed by atoms with van der Waals surface area (Å²) in [5.41, 5.74) is 3.03. The first kappa shape index (κ1) is 9.54. The van der Waals surface area contributed by atoms with Gasteiger partial charge in [-0.3, -0.25) is 9.63 Å². The number of benzene rings is 1. The van der Waals surface area contributed by atoms with Gasteiger partial charge in [0.25, 0.3) is 0 Å². The zero-order valence-electron chi connectivity index (χ0n) is 7.28. The largest absolute Gasteiger partial charge is 0.508 e. The number of amides is 1. The molecule has 0 spiro atoms. The summed E-state index contributed by atoms with van der Waals surface area (Å²) in [7, 11) is 1.38. The topological polar surface area (TPSA) is 58.6 Å². The predicted molar refractivity (Wildman–Crippen MR) is 47.0 cm³/mol. The molecule has 13 heavy (non-hydrogen) atoms. The maximum Gasteiger partial charge on any atom is 0.247 e. The van der Waals surface area contributed by atoms with Gasteiger partial charge in [-0.1, -0.05) is 12.1 Å². The molecule has 1 rings (SSSR count). The molecule has 0 saturated heterocycles. The average molecular weight is 181 g/mol. The van der Waals surface area contributed by atoms with Crippen LogP contribution >= 0.6 is 0 Å². The van der Waals surface area contributed by atoms with E-state index in [1.54, 1.807) is 12.1 Å². The quantitative estimate of drug-likeness (QED) is 0.672. The van der Waals surface area contributed by atoms with Crippen molar-refractivity contribution in [2.45, 2.75) is 6.42 Å². The summed E-state index contributed by atoms with van der Waals surface area (Å²) in [6, 6.07) is 6.44. The van der Waals surface area contributed by atoms with Crippen LogP contribution < -0.4 is 5.48 Å². The van der Waals surface area contributed by atoms with Gasteiger partial charge in [0.05, 0.1) is 13.5 Å². The number of carbonyl (C=O) groups excluding carboxylic acids is 1. The Kier molecular flexibility index (Phi) is 3.28. The minimum Gasteiger partial charge on any atom is -0.508 e. The Morgan fingerprint density at radius 3 is 2.62 bits per heavy atom. The highest BCUT2D eigenvalue weighted by Gasteiger charge is 2.01. The van der Waals surface area contributed by atoms with E-state index in [2.05, 4.69) is 10.3 Å². The number of carbonyl (C=O) groups is 1. The summed E-state index contributed by atoms with van der Waals surface area (Å²) in [4.78, 5) is 15.4. The van der Waals surface area contributed by atoms with Crippen molar-refractivity contribution in [1.29, 1.82) is 0 Å². The Morgan fingerprint density at radius 1 is 1.46 bits per heavy atom. The molecule has 0 aliphatic carbocycles. The molecule has 1 aromatic carbocycles. The predicted octanol–water partition coefficient (Wildman–Crippen LogP) is 0.612. The highest BCUT2D eigenvalue weighted by Crippen LogP contribution is 2.09. The van der Waals surface area contributed by atoms with Crippen molar-refractivity contribution >= 4 is 5.91 Å². The van der Waals surface area contributed by atoms with Crippen molar-refractivity contribution in [1.82, 2.24) is 5.48 Å². The fourth-order valence-corrected chi connectivity index (χ4v) is 0.949. The third-order valence-corrected chi connectivity index (χ3v) is 1.52. The Bertz CT molecular complexity index is 281. The number of hydrogen-bond donors (Lipinski definition) is 2. The van der Waals surface area contributed by atoms with Gasteiger partial charge in [0.15, 0.2) is 0 Å². The molecule has 1 aromatic rings. The molecule has 0 unspecified atom stereocenters. The molecule has 2 N–H and O–H groups in total. The van der Waals surface area contributed by atoms with Gasteiger partial charge in [-0.2, -0.15) is 0 Å². The lowest BCUT2D eigenvalue weighted by Gasteiger charge is -2.01. The van der Waals surface area contributed by atoms with Gasteiger partial charge in [0.1, 0.15) is 5.75 Å².